The van der Waals surface area contributed by atoms with Gasteiger partial charge in [-0.05, 0) is 36.8 Å². The van der Waals surface area contributed by atoms with Crippen molar-refractivity contribution in [2.24, 2.45) is 0 Å². The van der Waals surface area contributed by atoms with E-state index in [0.717, 1.165) is 15.9 Å². The molecule has 0 aliphatic heterocycles. The van der Waals surface area contributed by atoms with E-state index in [4.69, 9.17) is 9.68 Å². The molecule has 1 aromatic heterocycles. The predicted octanol–water partition coefficient (Wildman–Crippen LogP) is 3.83. The molecule has 0 saturated heterocycles. The zero-order valence-electron chi connectivity index (χ0n) is 9.33. The zero-order chi connectivity index (χ0) is 12.3. The summed E-state index contributed by atoms with van der Waals surface area (Å²) in [4.78, 5) is 0. The van der Waals surface area contributed by atoms with Crippen molar-refractivity contribution in [3.63, 3.8) is 0 Å². The minimum atomic E-state index is 0.341. The van der Waals surface area contributed by atoms with Crippen molar-refractivity contribution in [1.29, 1.82) is 5.26 Å². The Bertz CT molecular complexity index is 569. The summed E-state index contributed by atoms with van der Waals surface area (Å²) in [7, 11) is 0. The smallest absolute Gasteiger partial charge is 0.203 e. The Morgan fingerprint density at radius 1 is 1.35 bits per heavy atom. The second-order valence-electron chi connectivity index (χ2n) is 3.69. The molecule has 0 radical (unpaired) electrons. The molecule has 0 aliphatic rings. The van der Waals surface area contributed by atoms with Crippen molar-refractivity contribution in [3.8, 4) is 6.07 Å². The standard InChI is InChI=1S/C13H11BrN2O/c1-9-2-3-10(14)6-13(9)16-8-12-5-4-11(7-15)17-12/h2-6,16H,8H2,1H3. The van der Waals surface area contributed by atoms with Gasteiger partial charge in [-0.3, -0.25) is 0 Å². The summed E-state index contributed by atoms with van der Waals surface area (Å²) in [5.41, 5.74) is 2.22. The molecule has 0 bridgehead atoms. The maximum Gasteiger partial charge on any atom is 0.203 e. The van der Waals surface area contributed by atoms with Crippen LogP contribution < -0.4 is 5.32 Å². The first-order valence-electron chi connectivity index (χ1n) is 5.18. The van der Waals surface area contributed by atoms with E-state index in [1.165, 1.54) is 5.56 Å². The van der Waals surface area contributed by atoms with Crippen LogP contribution in [0.5, 0.6) is 0 Å². The van der Waals surface area contributed by atoms with Crippen LogP contribution in [0.15, 0.2) is 39.2 Å². The summed E-state index contributed by atoms with van der Waals surface area (Å²) in [5, 5.41) is 11.9. The van der Waals surface area contributed by atoms with Gasteiger partial charge in [0, 0.05) is 10.2 Å². The Balaban J connectivity index is 2.07. The van der Waals surface area contributed by atoms with Gasteiger partial charge in [-0.2, -0.15) is 5.26 Å². The number of rotatable bonds is 3. The molecule has 2 rings (SSSR count). The number of anilines is 1. The molecule has 0 atom stereocenters. The maximum atomic E-state index is 8.65. The molecule has 86 valence electrons. The molecule has 0 amide bonds. The maximum absolute atomic E-state index is 8.65. The number of hydrogen-bond acceptors (Lipinski definition) is 3. The van der Waals surface area contributed by atoms with Crippen LogP contribution in [-0.2, 0) is 6.54 Å². The highest BCUT2D eigenvalue weighted by atomic mass is 79.9. The van der Waals surface area contributed by atoms with Gasteiger partial charge in [-0.1, -0.05) is 22.0 Å². The number of halogens is 1. The van der Waals surface area contributed by atoms with E-state index in [2.05, 4.69) is 21.2 Å². The molecule has 0 saturated carbocycles. The topological polar surface area (TPSA) is 49.0 Å². The molecule has 0 unspecified atom stereocenters. The van der Waals surface area contributed by atoms with E-state index in [9.17, 15) is 0 Å². The molecule has 0 aliphatic carbocycles. The molecule has 1 aromatic carbocycles. The average Bonchev–Trinajstić information content (AvgIpc) is 2.78. The molecular weight excluding hydrogens is 280 g/mol. The highest BCUT2D eigenvalue weighted by Crippen LogP contribution is 2.21. The lowest BCUT2D eigenvalue weighted by atomic mass is 10.2. The number of hydrogen-bond donors (Lipinski definition) is 1. The number of aryl methyl sites for hydroxylation is 1. The minimum Gasteiger partial charge on any atom is -0.449 e. The van der Waals surface area contributed by atoms with E-state index in [0.29, 0.717) is 12.3 Å². The van der Waals surface area contributed by atoms with Crippen molar-refractivity contribution in [2.45, 2.75) is 13.5 Å². The van der Waals surface area contributed by atoms with Crippen LogP contribution in [0.1, 0.15) is 17.1 Å². The second kappa shape index (κ2) is 5.07. The Morgan fingerprint density at radius 3 is 2.88 bits per heavy atom. The van der Waals surface area contributed by atoms with Gasteiger partial charge in [0.1, 0.15) is 11.8 Å². The van der Waals surface area contributed by atoms with Crippen molar-refractivity contribution in [1.82, 2.24) is 0 Å². The monoisotopic (exact) mass is 290 g/mol. The van der Waals surface area contributed by atoms with Gasteiger partial charge < -0.3 is 9.73 Å². The third-order valence-electron chi connectivity index (χ3n) is 2.42. The van der Waals surface area contributed by atoms with Crippen LogP contribution in [0.2, 0.25) is 0 Å². The Morgan fingerprint density at radius 2 is 2.18 bits per heavy atom. The van der Waals surface area contributed by atoms with Crippen LogP contribution in [0.25, 0.3) is 0 Å². The Kier molecular flexibility index (Phi) is 3.50. The molecule has 3 nitrogen and oxygen atoms in total. The lowest BCUT2D eigenvalue weighted by Crippen LogP contribution is -1.99. The molecular formula is C13H11BrN2O. The lowest BCUT2D eigenvalue weighted by molar-refractivity contribution is 0.506. The van der Waals surface area contributed by atoms with Gasteiger partial charge in [0.15, 0.2) is 0 Å². The summed E-state index contributed by atoms with van der Waals surface area (Å²) in [5.74, 6) is 1.09. The summed E-state index contributed by atoms with van der Waals surface area (Å²) in [6.45, 7) is 2.61. The highest BCUT2D eigenvalue weighted by molar-refractivity contribution is 9.10. The van der Waals surface area contributed by atoms with Crippen molar-refractivity contribution < 1.29 is 4.42 Å². The SMILES string of the molecule is Cc1ccc(Br)cc1NCc1ccc(C#N)o1. The summed E-state index contributed by atoms with van der Waals surface area (Å²) in [6, 6.07) is 11.5. The zero-order valence-corrected chi connectivity index (χ0v) is 10.9. The van der Waals surface area contributed by atoms with Gasteiger partial charge in [-0.15, -0.1) is 0 Å². The third kappa shape index (κ3) is 2.89. The molecule has 0 spiro atoms. The summed E-state index contributed by atoms with van der Waals surface area (Å²) >= 11 is 3.43. The van der Waals surface area contributed by atoms with E-state index in [-0.39, 0.29) is 0 Å². The molecule has 1 heterocycles. The molecule has 1 N–H and O–H groups in total. The lowest BCUT2D eigenvalue weighted by Gasteiger charge is -2.08. The van der Waals surface area contributed by atoms with Gasteiger partial charge in [-0.25, -0.2) is 0 Å². The second-order valence-corrected chi connectivity index (χ2v) is 4.61. The average molecular weight is 291 g/mol. The third-order valence-corrected chi connectivity index (χ3v) is 2.92. The highest BCUT2D eigenvalue weighted by Gasteiger charge is 2.03. The van der Waals surface area contributed by atoms with Crippen LogP contribution in [0.4, 0.5) is 5.69 Å². The number of benzene rings is 1. The van der Waals surface area contributed by atoms with Gasteiger partial charge in [0.05, 0.1) is 6.54 Å². The van der Waals surface area contributed by atoms with Crippen molar-refractivity contribution >= 4 is 21.6 Å². The number of nitrogens with zero attached hydrogens (tertiary/aromatic N) is 1. The normalized spacial score (nSPS) is 9.94. The van der Waals surface area contributed by atoms with Gasteiger partial charge in [0.25, 0.3) is 0 Å². The fourth-order valence-corrected chi connectivity index (χ4v) is 1.86. The van der Waals surface area contributed by atoms with E-state index in [1.807, 2.05) is 31.2 Å². The largest absolute Gasteiger partial charge is 0.449 e. The molecule has 2 aromatic rings. The van der Waals surface area contributed by atoms with Crippen LogP contribution in [0, 0.1) is 18.3 Å². The van der Waals surface area contributed by atoms with E-state index < -0.39 is 0 Å². The molecule has 4 heteroatoms. The minimum absolute atomic E-state index is 0.341. The predicted molar refractivity (Wildman–Crippen MR) is 69.6 cm³/mol. The first kappa shape index (κ1) is 11.7. The molecule has 0 fully saturated rings. The van der Waals surface area contributed by atoms with Crippen molar-refractivity contribution in [3.05, 3.63) is 51.9 Å². The van der Waals surface area contributed by atoms with Crippen LogP contribution >= 0.6 is 15.9 Å². The van der Waals surface area contributed by atoms with Crippen LogP contribution in [0.3, 0.4) is 0 Å². The van der Waals surface area contributed by atoms with Crippen molar-refractivity contribution in [2.75, 3.05) is 5.32 Å². The van der Waals surface area contributed by atoms with E-state index in [1.54, 1.807) is 12.1 Å². The van der Waals surface area contributed by atoms with Gasteiger partial charge in [0.2, 0.25) is 5.76 Å². The van der Waals surface area contributed by atoms with Gasteiger partial charge >= 0.3 is 0 Å². The quantitative estimate of drug-likeness (QED) is 0.934. The first-order valence-corrected chi connectivity index (χ1v) is 5.97. The van der Waals surface area contributed by atoms with Crippen LogP contribution in [-0.4, -0.2) is 0 Å². The fraction of sp³-hybridized carbons (Fsp3) is 0.154. The fourth-order valence-electron chi connectivity index (χ4n) is 1.50. The summed E-state index contributed by atoms with van der Waals surface area (Å²) in [6.07, 6.45) is 0. The summed E-state index contributed by atoms with van der Waals surface area (Å²) < 4.78 is 6.32. The first-order chi connectivity index (χ1) is 8.19. The Labute approximate surface area is 108 Å². The number of nitriles is 1. The number of nitrogens with one attached hydrogen (secondary N) is 1. The Hall–Kier alpha value is -1.73. The van der Waals surface area contributed by atoms with E-state index >= 15 is 0 Å². The molecule has 17 heavy (non-hydrogen) atoms. The number of furan rings is 1.